The molecule has 0 N–H and O–H groups in total. The van der Waals surface area contributed by atoms with E-state index in [1.165, 1.54) is 5.30 Å². The van der Waals surface area contributed by atoms with Crippen LogP contribution in [0.2, 0.25) is 0 Å². The van der Waals surface area contributed by atoms with Crippen LogP contribution in [0, 0.1) is 0 Å². The average Bonchev–Trinajstić information content (AvgIpc) is 2.09. The van der Waals surface area contributed by atoms with Crippen LogP contribution in [0.25, 0.3) is 0 Å². The fourth-order valence-electron chi connectivity index (χ4n) is 0.975. The number of benzene rings is 1. The Morgan fingerprint density at radius 3 is 2.36 bits per heavy atom. The van der Waals surface area contributed by atoms with E-state index in [0.29, 0.717) is 0 Å². The zero-order valence-corrected chi connectivity index (χ0v) is 7.52. The second kappa shape index (κ2) is 4.46. The lowest BCUT2D eigenvalue weighted by Gasteiger charge is -2.10. The molecule has 0 heterocycles. The summed E-state index contributed by atoms with van der Waals surface area (Å²) in [7, 11) is -0.518. The average molecular weight is 170 g/mol. The molecule has 1 unspecified atom stereocenters. The highest BCUT2D eigenvalue weighted by Crippen LogP contribution is 2.33. The standard InChI is InChI=1S/C9H12FP/c1-2-11(8-10)9-6-4-3-5-7-9/h3-7H,2,8H2,1H3. The van der Waals surface area contributed by atoms with Gasteiger partial charge in [0.2, 0.25) is 0 Å². The maximum absolute atomic E-state index is 12.4. The lowest BCUT2D eigenvalue weighted by atomic mass is 10.4. The van der Waals surface area contributed by atoms with Crippen molar-refractivity contribution in [2.75, 3.05) is 12.6 Å². The third-order valence-corrected chi connectivity index (χ3v) is 3.73. The second-order valence-electron chi connectivity index (χ2n) is 2.31. The quantitative estimate of drug-likeness (QED) is 0.612. The molecule has 1 aromatic carbocycles. The first kappa shape index (κ1) is 8.67. The van der Waals surface area contributed by atoms with Crippen LogP contribution >= 0.6 is 7.92 Å². The van der Waals surface area contributed by atoms with Gasteiger partial charge in [-0.3, -0.25) is 0 Å². The van der Waals surface area contributed by atoms with Gasteiger partial charge in [0.25, 0.3) is 0 Å². The summed E-state index contributed by atoms with van der Waals surface area (Å²) >= 11 is 0. The van der Waals surface area contributed by atoms with Gasteiger partial charge in [-0.15, -0.1) is 0 Å². The van der Waals surface area contributed by atoms with Gasteiger partial charge < -0.3 is 0 Å². The van der Waals surface area contributed by atoms with Gasteiger partial charge in [-0.1, -0.05) is 37.3 Å². The van der Waals surface area contributed by atoms with Crippen molar-refractivity contribution in [3.8, 4) is 0 Å². The predicted octanol–water partition coefficient (Wildman–Crippen LogP) is 2.74. The van der Waals surface area contributed by atoms with Gasteiger partial charge in [0.05, 0.1) is 0 Å². The molecule has 1 rings (SSSR count). The summed E-state index contributed by atoms with van der Waals surface area (Å²) in [6.45, 7) is 2.04. The van der Waals surface area contributed by atoms with Crippen LogP contribution in [-0.2, 0) is 0 Å². The largest absolute Gasteiger partial charge is 0.246 e. The molecule has 0 fully saturated rings. The molecule has 0 radical (unpaired) electrons. The minimum absolute atomic E-state index is 0.185. The zero-order valence-electron chi connectivity index (χ0n) is 6.63. The van der Waals surface area contributed by atoms with E-state index in [2.05, 4.69) is 0 Å². The Hall–Kier alpha value is -0.420. The normalized spacial score (nSPS) is 12.9. The van der Waals surface area contributed by atoms with Gasteiger partial charge >= 0.3 is 0 Å². The van der Waals surface area contributed by atoms with Crippen molar-refractivity contribution in [2.24, 2.45) is 0 Å². The first-order chi connectivity index (χ1) is 5.38. The summed E-state index contributed by atoms with van der Waals surface area (Å²) in [5, 5.41) is 1.17. The Balaban J connectivity index is 2.74. The summed E-state index contributed by atoms with van der Waals surface area (Å²) in [4.78, 5) is 0. The Kier molecular flexibility index (Phi) is 3.51. The van der Waals surface area contributed by atoms with E-state index in [-0.39, 0.29) is 6.42 Å². The molecule has 1 atom stereocenters. The minimum atomic E-state index is -0.518. The van der Waals surface area contributed by atoms with Crippen molar-refractivity contribution >= 4 is 13.2 Å². The lowest BCUT2D eigenvalue weighted by molar-refractivity contribution is 0.600. The minimum Gasteiger partial charge on any atom is -0.246 e. The Bertz CT molecular complexity index is 194. The number of alkyl halides is 1. The van der Waals surface area contributed by atoms with E-state index in [1.54, 1.807) is 0 Å². The van der Waals surface area contributed by atoms with Crippen LogP contribution in [0.3, 0.4) is 0 Å². The highest BCUT2D eigenvalue weighted by atomic mass is 31.1. The van der Waals surface area contributed by atoms with Gasteiger partial charge in [-0.2, -0.15) is 0 Å². The van der Waals surface area contributed by atoms with Gasteiger partial charge in [0.1, 0.15) is 6.42 Å². The molecule has 0 amide bonds. The smallest absolute Gasteiger partial charge is 0.113 e. The second-order valence-corrected chi connectivity index (χ2v) is 4.78. The lowest BCUT2D eigenvalue weighted by Crippen LogP contribution is -2.01. The summed E-state index contributed by atoms with van der Waals surface area (Å²) in [6, 6.07) is 9.92. The molecule has 0 aromatic heterocycles. The highest BCUT2D eigenvalue weighted by molar-refractivity contribution is 7.65. The van der Waals surface area contributed by atoms with Gasteiger partial charge in [-0.25, -0.2) is 4.39 Å². The Morgan fingerprint density at radius 1 is 1.27 bits per heavy atom. The first-order valence-electron chi connectivity index (χ1n) is 3.74. The van der Waals surface area contributed by atoms with Crippen LogP contribution in [-0.4, -0.2) is 12.6 Å². The molecular weight excluding hydrogens is 158 g/mol. The van der Waals surface area contributed by atoms with Gasteiger partial charge in [0.15, 0.2) is 0 Å². The van der Waals surface area contributed by atoms with Crippen LogP contribution in [0.5, 0.6) is 0 Å². The molecule has 0 bridgehead atoms. The topological polar surface area (TPSA) is 0 Å². The molecule has 60 valence electrons. The number of halogens is 1. The van der Waals surface area contributed by atoms with Gasteiger partial charge in [-0.05, 0) is 19.4 Å². The Morgan fingerprint density at radius 2 is 1.91 bits per heavy atom. The van der Waals surface area contributed by atoms with Crippen LogP contribution < -0.4 is 5.30 Å². The van der Waals surface area contributed by atoms with E-state index in [4.69, 9.17) is 0 Å². The van der Waals surface area contributed by atoms with E-state index >= 15 is 0 Å². The Labute approximate surface area is 68.2 Å². The summed E-state index contributed by atoms with van der Waals surface area (Å²) in [5.41, 5.74) is 0. The van der Waals surface area contributed by atoms with E-state index in [1.807, 2.05) is 37.3 Å². The zero-order chi connectivity index (χ0) is 8.10. The van der Waals surface area contributed by atoms with Crippen molar-refractivity contribution in [2.45, 2.75) is 6.92 Å². The fourth-order valence-corrected chi connectivity index (χ4v) is 2.24. The third-order valence-electron chi connectivity index (χ3n) is 1.65. The summed E-state index contributed by atoms with van der Waals surface area (Å²) in [6.07, 6.45) is 0.756. The van der Waals surface area contributed by atoms with Crippen molar-refractivity contribution in [1.82, 2.24) is 0 Å². The van der Waals surface area contributed by atoms with Crippen molar-refractivity contribution in [3.63, 3.8) is 0 Å². The monoisotopic (exact) mass is 170 g/mol. The van der Waals surface area contributed by atoms with Crippen LogP contribution in [0.4, 0.5) is 4.39 Å². The molecule has 2 heteroatoms. The molecule has 0 aliphatic carbocycles. The molecule has 11 heavy (non-hydrogen) atoms. The summed E-state index contributed by atoms with van der Waals surface area (Å²) in [5.74, 6) is 0. The summed E-state index contributed by atoms with van der Waals surface area (Å²) < 4.78 is 12.4. The van der Waals surface area contributed by atoms with Crippen molar-refractivity contribution in [1.29, 1.82) is 0 Å². The molecule has 0 saturated heterocycles. The maximum Gasteiger partial charge on any atom is 0.113 e. The molecule has 0 aliphatic heterocycles. The third kappa shape index (κ3) is 2.27. The molecule has 0 saturated carbocycles. The SMILES string of the molecule is CCP(CF)c1ccccc1. The number of hydrogen-bond donors (Lipinski definition) is 0. The maximum atomic E-state index is 12.4. The fraction of sp³-hybridized carbons (Fsp3) is 0.333. The van der Waals surface area contributed by atoms with E-state index < -0.39 is 7.92 Å². The predicted molar refractivity (Wildman–Crippen MR) is 49.5 cm³/mol. The molecular formula is C9H12FP. The number of hydrogen-bond acceptors (Lipinski definition) is 0. The molecule has 0 nitrogen and oxygen atoms in total. The van der Waals surface area contributed by atoms with Crippen LogP contribution in [0.1, 0.15) is 6.92 Å². The van der Waals surface area contributed by atoms with E-state index in [9.17, 15) is 4.39 Å². The van der Waals surface area contributed by atoms with E-state index in [0.717, 1.165) is 6.16 Å². The first-order valence-corrected chi connectivity index (χ1v) is 5.45. The van der Waals surface area contributed by atoms with Crippen LogP contribution in [0.15, 0.2) is 30.3 Å². The molecule has 1 aromatic rings. The van der Waals surface area contributed by atoms with Crippen molar-refractivity contribution in [3.05, 3.63) is 30.3 Å². The highest BCUT2D eigenvalue weighted by Gasteiger charge is 2.05. The van der Waals surface area contributed by atoms with Crippen molar-refractivity contribution < 1.29 is 4.39 Å². The molecule has 0 aliphatic rings. The van der Waals surface area contributed by atoms with Gasteiger partial charge in [0, 0.05) is 0 Å². The number of rotatable bonds is 3. The molecule has 0 spiro atoms.